The van der Waals surface area contributed by atoms with Gasteiger partial charge in [0.2, 0.25) is 9.84 Å². The number of nitrogens with one attached hydrogen (secondary N) is 1. The van der Waals surface area contributed by atoms with Crippen LogP contribution in [0.4, 0.5) is 0 Å². The fourth-order valence-corrected chi connectivity index (χ4v) is 4.65. The fourth-order valence-electron chi connectivity index (χ4n) is 3.24. The average Bonchev–Trinajstić information content (AvgIpc) is 3.25. The Morgan fingerprint density at radius 2 is 2.17 bits per heavy atom. The number of aromatic nitrogens is 3. The Bertz CT molecular complexity index is 961. The molecule has 1 atom stereocenters. The first-order chi connectivity index (χ1) is 11.7. The Morgan fingerprint density at radius 3 is 2.92 bits per heavy atom. The summed E-state index contributed by atoms with van der Waals surface area (Å²) in [7, 11) is -3.65. The van der Waals surface area contributed by atoms with E-state index in [0.717, 1.165) is 31.6 Å². The van der Waals surface area contributed by atoms with Gasteiger partial charge in [-0.2, -0.15) is 0 Å². The first-order valence-electron chi connectivity index (χ1n) is 7.96. The molecule has 1 aliphatic rings. The maximum atomic E-state index is 13.0. The third-order valence-electron chi connectivity index (χ3n) is 4.47. The van der Waals surface area contributed by atoms with Gasteiger partial charge in [0.25, 0.3) is 0 Å². The van der Waals surface area contributed by atoms with Gasteiger partial charge in [0, 0.05) is 30.5 Å². The zero-order valence-corrected chi connectivity index (χ0v) is 13.9. The Labute approximate surface area is 140 Å². The van der Waals surface area contributed by atoms with Crippen LogP contribution < -0.4 is 5.32 Å². The topological polar surface area (TPSA) is 76.9 Å². The molecule has 1 aliphatic heterocycles. The van der Waals surface area contributed by atoms with Crippen molar-refractivity contribution in [3.63, 3.8) is 0 Å². The van der Waals surface area contributed by atoms with Crippen LogP contribution in [0.25, 0.3) is 10.9 Å². The normalized spacial score (nSPS) is 18.2. The highest BCUT2D eigenvalue weighted by Crippen LogP contribution is 2.29. The summed E-state index contributed by atoms with van der Waals surface area (Å²) in [6.07, 6.45) is 7.69. The molecule has 4 heterocycles. The van der Waals surface area contributed by atoms with Crippen LogP contribution in [0.15, 0.2) is 59.0 Å². The molecule has 0 amide bonds. The molecule has 1 fully saturated rings. The second-order valence-corrected chi connectivity index (χ2v) is 7.93. The molecule has 124 valence electrons. The monoisotopic (exact) mass is 342 g/mol. The van der Waals surface area contributed by atoms with E-state index in [-0.39, 0.29) is 5.03 Å². The van der Waals surface area contributed by atoms with Crippen LogP contribution in [0.1, 0.15) is 6.42 Å². The van der Waals surface area contributed by atoms with E-state index in [2.05, 4.69) is 15.3 Å². The van der Waals surface area contributed by atoms with E-state index >= 15 is 0 Å². The van der Waals surface area contributed by atoms with Crippen molar-refractivity contribution in [2.24, 2.45) is 5.92 Å². The minimum Gasteiger partial charge on any atom is -0.345 e. The summed E-state index contributed by atoms with van der Waals surface area (Å²) in [5.41, 5.74) is 0.846. The van der Waals surface area contributed by atoms with Gasteiger partial charge in [0.1, 0.15) is 0 Å². The van der Waals surface area contributed by atoms with Gasteiger partial charge in [0.05, 0.1) is 16.6 Å². The van der Waals surface area contributed by atoms with Crippen molar-refractivity contribution in [3.05, 3.63) is 49.1 Å². The van der Waals surface area contributed by atoms with Crippen LogP contribution in [0.3, 0.4) is 0 Å². The van der Waals surface area contributed by atoms with Gasteiger partial charge in [-0.1, -0.05) is 6.07 Å². The summed E-state index contributed by atoms with van der Waals surface area (Å²) in [5.74, 6) is 0.506. The third-order valence-corrected chi connectivity index (χ3v) is 6.16. The molecule has 0 saturated carbocycles. The highest BCUT2D eigenvalue weighted by molar-refractivity contribution is 7.91. The highest BCUT2D eigenvalue weighted by atomic mass is 32.2. The molecular weight excluding hydrogens is 324 g/mol. The SMILES string of the molecule is O=S(=O)(c1ccccn1)c1cn(CC2CCNC2)c2cnccc12. The van der Waals surface area contributed by atoms with E-state index in [4.69, 9.17) is 0 Å². The van der Waals surface area contributed by atoms with E-state index in [0.29, 0.717) is 16.2 Å². The molecule has 4 rings (SSSR count). The molecule has 6 nitrogen and oxygen atoms in total. The number of rotatable bonds is 4. The van der Waals surface area contributed by atoms with Gasteiger partial charge >= 0.3 is 0 Å². The summed E-state index contributed by atoms with van der Waals surface area (Å²) < 4.78 is 28.0. The summed E-state index contributed by atoms with van der Waals surface area (Å²) in [4.78, 5) is 8.49. The quantitative estimate of drug-likeness (QED) is 0.783. The molecule has 1 unspecified atom stereocenters. The van der Waals surface area contributed by atoms with Crippen molar-refractivity contribution in [2.75, 3.05) is 13.1 Å². The summed E-state index contributed by atoms with van der Waals surface area (Å²) >= 11 is 0. The molecule has 0 aliphatic carbocycles. The van der Waals surface area contributed by atoms with Gasteiger partial charge in [0.15, 0.2) is 5.03 Å². The van der Waals surface area contributed by atoms with E-state index in [1.54, 1.807) is 36.8 Å². The van der Waals surface area contributed by atoms with Crippen molar-refractivity contribution in [3.8, 4) is 0 Å². The average molecular weight is 342 g/mol. The number of pyridine rings is 2. The van der Waals surface area contributed by atoms with E-state index in [1.165, 1.54) is 12.3 Å². The molecule has 1 N–H and O–H groups in total. The van der Waals surface area contributed by atoms with Crippen LogP contribution in [-0.4, -0.2) is 36.0 Å². The number of hydrogen-bond acceptors (Lipinski definition) is 5. The van der Waals surface area contributed by atoms with Crippen molar-refractivity contribution in [1.29, 1.82) is 0 Å². The number of fused-ring (bicyclic) bond motifs is 1. The fraction of sp³-hybridized carbons (Fsp3) is 0.294. The Balaban J connectivity index is 1.84. The van der Waals surface area contributed by atoms with Gasteiger partial charge < -0.3 is 9.88 Å². The number of sulfone groups is 1. The van der Waals surface area contributed by atoms with Gasteiger partial charge in [-0.3, -0.25) is 4.98 Å². The van der Waals surface area contributed by atoms with Crippen LogP contribution in [-0.2, 0) is 16.4 Å². The Hall–Kier alpha value is -2.25. The first kappa shape index (κ1) is 15.3. The molecule has 0 aromatic carbocycles. The van der Waals surface area contributed by atoms with Gasteiger partial charge in [-0.05, 0) is 43.6 Å². The second kappa shape index (κ2) is 5.99. The maximum Gasteiger partial charge on any atom is 0.225 e. The smallest absolute Gasteiger partial charge is 0.225 e. The largest absolute Gasteiger partial charge is 0.345 e. The maximum absolute atomic E-state index is 13.0. The number of nitrogens with zero attached hydrogens (tertiary/aromatic N) is 3. The molecule has 24 heavy (non-hydrogen) atoms. The lowest BCUT2D eigenvalue weighted by Gasteiger charge is -2.10. The number of hydrogen-bond donors (Lipinski definition) is 1. The zero-order chi connectivity index (χ0) is 16.6. The third kappa shape index (κ3) is 2.59. The van der Waals surface area contributed by atoms with Crippen molar-refractivity contribution in [2.45, 2.75) is 22.9 Å². The minimum absolute atomic E-state index is 0.0726. The predicted octanol–water partition coefficient (Wildman–Crippen LogP) is 1.87. The highest BCUT2D eigenvalue weighted by Gasteiger charge is 2.25. The van der Waals surface area contributed by atoms with Gasteiger partial charge in [-0.15, -0.1) is 0 Å². The lowest BCUT2D eigenvalue weighted by molar-refractivity contribution is 0.489. The van der Waals surface area contributed by atoms with Crippen LogP contribution in [0.5, 0.6) is 0 Å². The van der Waals surface area contributed by atoms with Crippen LogP contribution in [0.2, 0.25) is 0 Å². The first-order valence-corrected chi connectivity index (χ1v) is 9.44. The van der Waals surface area contributed by atoms with Crippen LogP contribution >= 0.6 is 0 Å². The molecular formula is C17H18N4O2S. The van der Waals surface area contributed by atoms with Crippen molar-refractivity contribution >= 4 is 20.7 Å². The Kier molecular flexibility index (Phi) is 3.82. The summed E-state index contributed by atoms with van der Waals surface area (Å²) in [5, 5.41) is 4.11. The molecule has 1 saturated heterocycles. The molecule has 7 heteroatoms. The zero-order valence-electron chi connectivity index (χ0n) is 13.1. The summed E-state index contributed by atoms with van der Waals surface area (Å²) in [6, 6.07) is 6.68. The predicted molar refractivity (Wildman–Crippen MR) is 90.4 cm³/mol. The van der Waals surface area contributed by atoms with Crippen molar-refractivity contribution < 1.29 is 8.42 Å². The standard InChI is InChI=1S/C17H18N4O2S/c22-24(23,17-3-1-2-6-20-17)16-12-21(11-13-4-7-18-9-13)15-10-19-8-5-14(15)16/h1-3,5-6,8,10,12-13,18H,4,7,9,11H2. The van der Waals surface area contributed by atoms with E-state index in [9.17, 15) is 8.42 Å². The lowest BCUT2D eigenvalue weighted by atomic mass is 10.1. The lowest BCUT2D eigenvalue weighted by Crippen LogP contribution is -2.14. The second-order valence-electron chi connectivity index (χ2n) is 6.07. The molecule has 0 spiro atoms. The van der Waals surface area contributed by atoms with Crippen LogP contribution in [0, 0.1) is 5.92 Å². The molecule has 0 radical (unpaired) electrons. The molecule has 3 aromatic rings. The molecule has 0 bridgehead atoms. The van der Waals surface area contributed by atoms with E-state index < -0.39 is 9.84 Å². The molecule has 3 aromatic heterocycles. The minimum atomic E-state index is -3.65. The van der Waals surface area contributed by atoms with Gasteiger partial charge in [-0.25, -0.2) is 13.4 Å². The van der Waals surface area contributed by atoms with Crippen molar-refractivity contribution in [1.82, 2.24) is 19.9 Å². The van der Waals surface area contributed by atoms with E-state index in [1.807, 2.05) is 4.57 Å². The summed E-state index contributed by atoms with van der Waals surface area (Å²) in [6.45, 7) is 2.76. The Morgan fingerprint density at radius 1 is 1.25 bits per heavy atom.